The van der Waals surface area contributed by atoms with Gasteiger partial charge < -0.3 is 4.74 Å². The molecule has 1 aromatic heterocycles. The topological polar surface area (TPSA) is 82.3 Å². The van der Waals surface area contributed by atoms with E-state index in [2.05, 4.69) is 20.9 Å². The number of nitrogens with zero attached hydrogens (tertiary/aromatic N) is 1. The van der Waals surface area contributed by atoms with Crippen LogP contribution < -0.4 is 9.88 Å². The number of rotatable bonds is 3. The van der Waals surface area contributed by atoms with Crippen molar-refractivity contribution in [2.24, 2.45) is 5.14 Å². The van der Waals surface area contributed by atoms with E-state index in [0.29, 0.717) is 19.9 Å². The van der Waals surface area contributed by atoms with Gasteiger partial charge >= 0.3 is 0 Å². The van der Waals surface area contributed by atoms with Crippen molar-refractivity contribution in [3.8, 4) is 5.75 Å². The van der Waals surface area contributed by atoms with E-state index in [1.54, 1.807) is 0 Å². The SMILES string of the molecule is CC(C)Oc1cc(S(N)(=O)=O)cc2sc(Br)nc12. The second kappa shape index (κ2) is 4.76. The number of aromatic nitrogens is 1. The van der Waals surface area contributed by atoms with Crippen LogP contribution in [0.2, 0.25) is 0 Å². The molecule has 0 unspecified atom stereocenters. The van der Waals surface area contributed by atoms with Crippen LogP contribution in [0.5, 0.6) is 5.75 Å². The monoisotopic (exact) mass is 350 g/mol. The zero-order valence-electron chi connectivity index (χ0n) is 9.68. The first-order valence-electron chi connectivity index (χ1n) is 5.07. The number of thiazole rings is 1. The van der Waals surface area contributed by atoms with Crippen molar-refractivity contribution in [2.45, 2.75) is 24.8 Å². The van der Waals surface area contributed by atoms with Gasteiger partial charge in [-0.2, -0.15) is 0 Å². The van der Waals surface area contributed by atoms with Gasteiger partial charge in [0.2, 0.25) is 10.0 Å². The summed E-state index contributed by atoms with van der Waals surface area (Å²) in [5.74, 6) is 0.425. The lowest BCUT2D eigenvalue weighted by Gasteiger charge is -2.11. The molecular formula is C10H11BrN2O3S2. The fourth-order valence-electron chi connectivity index (χ4n) is 1.46. The van der Waals surface area contributed by atoms with Crippen LogP contribution in [-0.2, 0) is 10.0 Å². The molecule has 1 aromatic carbocycles. The molecule has 0 saturated carbocycles. The summed E-state index contributed by atoms with van der Waals surface area (Å²) in [5.41, 5.74) is 0.632. The zero-order chi connectivity index (χ0) is 13.5. The maximum absolute atomic E-state index is 11.4. The summed E-state index contributed by atoms with van der Waals surface area (Å²) >= 11 is 4.60. The van der Waals surface area contributed by atoms with Crippen LogP contribution in [0, 0.1) is 0 Å². The van der Waals surface area contributed by atoms with Crippen molar-refractivity contribution in [3.63, 3.8) is 0 Å². The molecule has 0 aliphatic rings. The highest BCUT2D eigenvalue weighted by Crippen LogP contribution is 2.35. The van der Waals surface area contributed by atoms with Crippen molar-refractivity contribution in [1.29, 1.82) is 0 Å². The summed E-state index contributed by atoms with van der Waals surface area (Å²) in [6.07, 6.45) is -0.0793. The summed E-state index contributed by atoms with van der Waals surface area (Å²) < 4.78 is 29.8. The molecule has 2 N–H and O–H groups in total. The molecule has 2 aromatic rings. The molecule has 5 nitrogen and oxygen atoms in total. The maximum atomic E-state index is 11.4. The molecule has 0 aliphatic carbocycles. The van der Waals surface area contributed by atoms with Crippen molar-refractivity contribution in [2.75, 3.05) is 0 Å². The molecule has 0 amide bonds. The first-order valence-corrected chi connectivity index (χ1v) is 8.22. The predicted octanol–water partition coefficient (Wildman–Crippen LogP) is 2.49. The minimum atomic E-state index is -3.76. The quantitative estimate of drug-likeness (QED) is 0.921. The highest BCUT2D eigenvalue weighted by molar-refractivity contribution is 9.11. The molecule has 0 aliphatic heterocycles. The van der Waals surface area contributed by atoms with Crippen LogP contribution in [0.1, 0.15) is 13.8 Å². The molecule has 0 atom stereocenters. The number of fused-ring (bicyclic) bond motifs is 1. The molecular weight excluding hydrogens is 340 g/mol. The Bertz CT molecular complexity index is 694. The van der Waals surface area contributed by atoms with Crippen molar-refractivity contribution < 1.29 is 13.2 Å². The summed E-state index contributed by atoms with van der Waals surface area (Å²) in [5, 5.41) is 5.14. The highest BCUT2D eigenvalue weighted by Gasteiger charge is 2.16. The van der Waals surface area contributed by atoms with Gasteiger partial charge in [-0.25, -0.2) is 18.5 Å². The summed E-state index contributed by atoms with van der Waals surface area (Å²) in [4.78, 5) is 4.29. The lowest BCUT2D eigenvalue weighted by Crippen LogP contribution is -2.13. The lowest BCUT2D eigenvalue weighted by atomic mass is 10.3. The third-order valence-corrected chi connectivity index (χ3v) is 4.45. The average Bonchev–Trinajstić information content (AvgIpc) is 2.56. The lowest BCUT2D eigenvalue weighted by molar-refractivity contribution is 0.244. The van der Waals surface area contributed by atoms with E-state index in [4.69, 9.17) is 9.88 Å². The zero-order valence-corrected chi connectivity index (χ0v) is 12.9. The third-order valence-electron chi connectivity index (χ3n) is 2.10. The normalized spacial score (nSPS) is 12.3. The second-order valence-corrected chi connectivity index (χ2v) is 7.81. The highest BCUT2D eigenvalue weighted by atomic mass is 79.9. The Morgan fingerprint density at radius 2 is 2.11 bits per heavy atom. The Morgan fingerprint density at radius 3 is 2.67 bits per heavy atom. The summed E-state index contributed by atoms with van der Waals surface area (Å²) in [7, 11) is -3.76. The van der Waals surface area contributed by atoms with Crippen LogP contribution in [0.4, 0.5) is 0 Å². The molecule has 0 radical (unpaired) electrons. The number of ether oxygens (including phenoxy) is 1. The Morgan fingerprint density at radius 1 is 1.44 bits per heavy atom. The number of hydrogen-bond donors (Lipinski definition) is 1. The van der Waals surface area contributed by atoms with Gasteiger partial charge in [0.05, 0.1) is 15.7 Å². The molecule has 98 valence electrons. The van der Waals surface area contributed by atoms with Crippen LogP contribution in [-0.4, -0.2) is 19.5 Å². The summed E-state index contributed by atoms with van der Waals surface area (Å²) in [6, 6.07) is 2.91. The van der Waals surface area contributed by atoms with Gasteiger partial charge in [-0.15, -0.1) is 11.3 Å². The third kappa shape index (κ3) is 2.82. The van der Waals surface area contributed by atoms with Gasteiger partial charge in [0.25, 0.3) is 0 Å². The molecule has 0 bridgehead atoms. The van der Waals surface area contributed by atoms with Crippen molar-refractivity contribution >= 4 is 47.5 Å². The molecule has 0 fully saturated rings. The fraction of sp³-hybridized carbons (Fsp3) is 0.300. The first-order chi connectivity index (χ1) is 8.27. The van der Waals surface area contributed by atoms with Crippen molar-refractivity contribution in [3.05, 3.63) is 16.0 Å². The van der Waals surface area contributed by atoms with Gasteiger partial charge in [-0.3, -0.25) is 0 Å². The summed E-state index contributed by atoms with van der Waals surface area (Å²) in [6.45, 7) is 3.72. The van der Waals surface area contributed by atoms with E-state index < -0.39 is 10.0 Å². The van der Waals surface area contributed by atoms with E-state index >= 15 is 0 Å². The Balaban J connectivity index is 2.72. The maximum Gasteiger partial charge on any atom is 0.238 e. The van der Waals surface area contributed by atoms with Crippen LogP contribution in [0.3, 0.4) is 0 Å². The number of sulfonamides is 1. The minimum Gasteiger partial charge on any atom is -0.489 e. The van der Waals surface area contributed by atoms with Gasteiger partial charge in [0, 0.05) is 6.07 Å². The number of nitrogens with two attached hydrogens (primary N) is 1. The standard InChI is InChI=1S/C10H11BrN2O3S2/c1-5(2)16-7-3-6(18(12,14)15)4-8-9(7)13-10(11)17-8/h3-5H,1-2H3,(H2,12,14,15). The number of benzene rings is 1. The van der Waals surface area contributed by atoms with E-state index in [1.165, 1.54) is 23.5 Å². The molecule has 1 heterocycles. The second-order valence-electron chi connectivity index (χ2n) is 3.95. The largest absolute Gasteiger partial charge is 0.489 e. The molecule has 8 heteroatoms. The number of halogens is 1. The van der Waals surface area contributed by atoms with E-state index in [9.17, 15) is 8.42 Å². The predicted molar refractivity (Wildman–Crippen MR) is 74.5 cm³/mol. The van der Waals surface area contributed by atoms with E-state index in [1.807, 2.05) is 13.8 Å². The molecule has 2 rings (SSSR count). The Kier molecular flexibility index (Phi) is 3.63. The van der Waals surface area contributed by atoms with E-state index in [-0.39, 0.29) is 11.0 Å². The van der Waals surface area contributed by atoms with Crippen LogP contribution in [0.25, 0.3) is 10.2 Å². The van der Waals surface area contributed by atoms with Crippen molar-refractivity contribution in [1.82, 2.24) is 4.98 Å². The average molecular weight is 351 g/mol. The van der Waals surface area contributed by atoms with Crippen LogP contribution >= 0.6 is 27.3 Å². The molecule has 0 spiro atoms. The Labute approximate surface area is 117 Å². The van der Waals surface area contributed by atoms with E-state index in [0.717, 1.165) is 0 Å². The van der Waals surface area contributed by atoms with Gasteiger partial charge in [0.1, 0.15) is 11.3 Å². The smallest absolute Gasteiger partial charge is 0.238 e. The number of hydrogen-bond acceptors (Lipinski definition) is 5. The molecule has 0 saturated heterocycles. The van der Waals surface area contributed by atoms with Gasteiger partial charge in [-0.05, 0) is 35.8 Å². The Hall–Kier alpha value is -0.700. The fourth-order valence-corrected chi connectivity index (χ4v) is 3.53. The van der Waals surface area contributed by atoms with Gasteiger partial charge in [-0.1, -0.05) is 0 Å². The van der Waals surface area contributed by atoms with Crippen LogP contribution in [0.15, 0.2) is 20.9 Å². The minimum absolute atomic E-state index is 0.0294. The van der Waals surface area contributed by atoms with Gasteiger partial charge in [0.15, 0.2) is 3.92 Å². The first kappa shape index (κ1) is 13.7. The molecule has 18 heavy (non-hydrogen) atoms. The number of primary sulfonamides is 1.